The molecule has 0 radical (unpaired) electrons. The maximum absolute atomic E-state index is 12.1. The molecular weight excluding hydrogens is 346 g/mol. The molecule has 2 heterocycles. The molecular formula is C20H25N3O4. The van der Waals surface area contributed by atoms with E-state index in [9.17, 15) is 9.59 Å². The van der Waals surface area contributed by atoms with E-state index < -0.39 is 6.09 Å². The van der Waals surface area contributed by atoms with Gasteiger partial charge >= 0.3 is 6.09 Å². The molecule has 1 aliphatic heterocycles. The van der Waals surface area contributed by atoms with Crippen LogP contribution in [0.3, 0.4) is 0 Å². The average molecular weight is 371 g/mol. The number of ether oxygens (including phenoxy) is 1. The lowest BCUT2D eigenvalue weighted by atomic mass is 9.89. The van der Waals surface area contributed by atoms with E-state index in [1.54, 1.807) is 0 Å². The molecule has 1 saturated heterocycles. The number of piperidine rings is 1. The zero-order valence-corrected chi connectivity index (χ0v) is 15.7. The number of aromatic nitrogens is 1. The van der Waals surface area contributed by atoms with Crippen molar-refractivity contribution in [1.82, 2.24) is 9.88 Å². The first-order valence-corrected chi connectivity index (χ1v) is 9.23. The Bertz CT molecular complexity index is 748. The summed E-state index contributed by atoms with van der Waals surface area (Å²) < 4.78 is 10.1. The summed E-state index contributed by atoms with van der Waals surface area (Å²) in [4.78, 5) is 29.6. The summed E-state index contributed by atoms with van der Waals surface area (Å²) in [6.45, 7) is 5.52. The van der Waals surface area contributed by atoms with Crippen LogP contribution in [0.25, 0.3) is 0 Å². The molecule has 2 aromatic rings. The minimum Gasteiger partial charge on any atom is -0.445 e. The van der Waals surface area contributed by atoms with E-state index in [1.165, 1.54) is 18.2 Å². The number of benzene rings is 1. The van der Waals surface area contributed by atoms with E-state index in [4.69, 9.17) is 9.15 Å². The van der Waals surface area contributed by atoms with Crippen LogP contribution in [0.15, 0.2) is 41.3 Å². The number of carbonyl (C=O) groups is 2. The van der Waals surface area contributed by atoms with Gasteiger partial charge in [0.1, 0.15) is 0 Å². The number of hydrogen-bond donors (Lipinski definition) is 1. The highest BCUT2D eigenvalue weighted by Crippen LogP contribution is 2.29. The Morgan fingerprint density at radius 1 is 1.26 bits per heavy atom. The van der Waals surface area contributed by atoms with Crippen molar-refractivity contribution in [2.45, 2.75) is 39.2 Å². The Hall–Kier alpha value is -2.83. The van der Waals surface area contributed by atoms with Crippen molar-refractivity contribution in [3.63, 3.8) is 0 Å². The Kier molecular flexibility index (Phi) is 6.11. The van der Waals surface area contributed by atoms with E-state index in [0.717, 1.165) is 25.9 Å². The Labute approximate surface area is 158 Å². The first-order valence-electron chi connectivity index (χ1n) is 9.23. The zero-order valence-electron chi connectivity index (χ0n) is 15.7. The molecule has 1 aromatic carbocycles. The quantitative estimate of drug-likeness (QED) is 0.864. The van der Waals surface area contributed by atoms with Crippen molar-refractivity contribution >= 4 is 17.7 Å². The Morgan fingerprint density at radius 2 is 1.96 bits per heavy atom. The minimum atomic E-state index is -0.542. The van der Waals surface area contributed by atoms with E-state index in [1.807, 2.05) is 43.0 Å². The molecule has 0 bridgehead atoms. The molecule has 1 fully saturated rings. The van der Waals surface area contributed by atoms with Crippen molar-refractivity contribution < 1.29 is 18.7 Å². The highest BCUT2D eigenvalue weighted by atomic mass is 16.6. The molecule has 0 atom stereocenters. The number of rotatable bonds is 5. The zero-order chi connectivity index (χ0) is 19.2. The van der Waals surface area contributed by atoms with Crippen LogP contribution in [-0.4, -0.2) is 35.0 Å². The Balaban J connectivity index is 1.47. The molecule has 3 rings (SSSR count). The van der Waals surface area contributed by atoms with Crippen LogP contribution in [0.1, 0.15) is 43.9 Å². The van der Waals surface area contributed by atoms with Gasteiger partial charge in [-0.05, 0) is 36.5 Å². The predicted octanol–water partition coefficient (Wildman–Crippen LogP) is 3.79. The third-order valence-electron chi connectivity index (χ3n) is 4.76. The summed E-state index contributed by atoms with van der Waals surface area (Å²) in [6, 6.07) is 7.79. The minimum absolute atomic E-state index is 0.0393. The van der Waals surface area contributed by atoms with Gasteiger partial charge in [-0.15, -0.1) is 0 Å². The predicted molar refractivity (Wildman–Crippen MR) is 100 cm³/mol. The average Bonchev–Trinajstić information content (AvgIpc) is 3.20. The molecule has 0 unspecified atom stereocenters. The fourth-order valence-corrected chi connectivity index (χ4v) is 3.24. The number of hydrogen-bond acceptors (Lipinski definition) is 5. The maximum Gasteiger partial charge on any atom is 0.412 e. The van der Waals surface area contributed by atoms with Crippen molar-refractivity contribution in [2.75, 3.05) is 18.4 Å². The van der Waals surface area contributed by atoms with Gasteiger partial charge in [-0.1, -0.05) is 26.0 Å². The summed E-state index contributed by atoms with van der Waals surface area (Å²) in [5.74, 6) is 1.21. The van der Waals surface area contributed by atoms with Crippen LogP contribution < -0.4 is 5.32 Å². The first kappa shape index (κ1) is 18.9. The summed E-state index contributed by atoms with van der Waals surface area (Å²) in [6.07, 6.45) is 4.18. The van der Waals surface area contributed by atoms with Crippen LogP contribution in [-0.2, 0) is 16.1 Å². The first-order chi connectivity index (χ1) is 13.0. The fourth-order valence-electron chi connectivity index (χ4n) is 3.24. The van der Waals surface area contributed by atoms with E-state index in [-0.39, 0.29) is 18.4 Å². The molecule has 1 N–H and O–H groups in total. The molecule has 1 aromatic heterocycles. The monoisotopic (exact) mass is 371 g/mol. The van der Waals surface area contributed by atoms with Gasteiger partial charge in [0, 0.05) is 24.7 Å². The highest BCUT2D eigenvalue weighted by Gasteiger charge is 2.25. The molecule has 0 aliphatic carbocycles. The largest absolute Gasteiger partial charge is 0.445 e. The summed E-state index contributed by atoms with van der Waals surface area (Å²) >= 11 is 0. The topological polar surface area (TPSA) is 84.7 Å². The van der Waals surface area contributed by atoms with Crippen LogP contribution in [0.4, 0.5) is 10.5 Å². The fraction of sp³-hybridized carbons (Fsp3) is 0.450. The SMILES string of the molecule is CC(C)C(=O)N1CCC(c2ccc(NC(=O)OCc3cnco3)cc2)CC1. The van der Waals surface area contributed by atoms with Gasteiger partial charge in [-0.25, -0.2) is 9.78 Å². The van der Waals surface area contributed by atoms with Crippen LogP contribution >= 0.6 is 0 Å². The van der Waals surface area contributed by atoms with Crippen LogP contribution in [0, 0.1) is 5.92 Å². The highest BCUT2D eigenvalue weighted by molar-refractivity contribution is 5.84. The molecule has 144 valence electrons. The number of anilines is 1. The smallest absolute Gasteiger partial charge is 0.412 e. The summed E-state index contributed by atoms with van der Waals surface area (Å²) in [5.41, 5.74) is 1.90. The lowest BCUT2D eigenvalue weighted by Crippen LogP contribution is -2.40. The molecule has 7 heteroatoms. The summed E-state index contributed by atoms with van der Waals surface area (Å²) in [7, 11) is 0. The molecule has 7 nitrogen and oxygen atoms in total. The van der Waals surface area contributed by atoms with Gasteiger partial charge in [-0.3, -0.25) is 10.1 Å². The second-order valence-corrected chi connectivity index (χ2v) is 7.05. The number of nitrogens with one attached hydrogen (secondary N) is 1. The Morgan fingerprint density at radius 3 is 2.56 bits per heavy atom. The van der Waals surface area contributed by atoms with Crippen molar-refractivity contribution in [3.05, 3.63) is 48.2 Å². The van der Waals surface area contributed by atoms with Gasteiger partial charge in [0.15, 0.2) is 18.8 Å². The van der Waals surface area contributed by atoms with E-state index >= 15 is 0 Å². The summed E-state index contributed by atoms with van der Waals surface area (Å²) in [5, 5.41) is 2.69. The van der Waals surface area contributed by atoms with E-state index in [0.29, 0.717) is 17.4 Å². The molecule has 1 aliphatic rings. The van der Waals surface area contributed by atoms with Gasteiger partial charge < -0.3 is 14.1 Å². The van der Waals surface area contributed by atoms with E-state index in [2.05, 4.69) is 10.3 Å². The lowest BCUT2D eigenvalue weighted by molar-refractivity contribution is -0.135. The molecule has 2 amide bonds. The number of oxazole rings is 1. The van der Waals surface area contributed by atoms with Gasteiger partial charge in [-0.2, -0.15) is 0 Å². The maximum atomic E-state index is 12.1. The van der Waals surface area contributed by atoms with Crippen LogP contribution in [0.5, 0.6) is 0 Å². The molecule has 0 spiro atoms. The normalized spacial score (nSPS) is 15.0. The third-order valence-corrected chi connectivity index (χ3v) is 4.76. The molecule has 27 heavy (non-hydrogen) atoms. The number of likely N-dealkylation sites (tertiary alicyclic amines) is 1. The van der Waals surface area contributed by atoms with Gasteiger partial charge in [0.05, 0.1) is 6.20 Å². The third kappa shape index (κ3) is 5.09. The second kappa shape index (κ2) is 8.70. The second-order valence-electron chi connectivity index (χ2n) is 7.05. The number of carbonyl (C=O) groups excluding carboxylic acids is 2. The molecule has 0 saturated carbocycles. The van der Waals surface area contributed by atoms with Gasteiger partial charge in [0.2, 0.25) is 5.91 Å². The van der Waals surface area contributed by atoms with Crippen molar-refractivity contribution in [3.8, 4) is 0 Å². The van der Waals surface area contributed by atoms with Crippen LogP contribution in [0.2, 0.25) is 0 Å². The standard InChI is InChI=1S/C20H25N3O4/c1-14(2)19(24)23-9-7-16(8-10-23)15-3-5-17(6-4-15)22-20(25)26-12-18-11-21-13-27-18/h3-6,11,13-14,16H,7-10,12H2,1-2H3,(H,22,25). The number of nitrogens with zero attached hydrogens (tertiary/aromatic N) is 2. The van der Waals surface area contributed by atoms with Crippen molar-refractivity contribution in [1.29, 1.82) is 0 Å². The lowest BCUT2D eigenvalue weighted by Gasteiger charge is -2.33. The number of amides is 2. The van der Waals surface area contributed by atoms with Gasteiger partial charge in [0.25, 0.3) is 0 Å². The van der Waals surface area contributed by atoms with Crippen molar-refractivity contribution in [2.24, 2.45) is 5.92 Å².